The van der Waals surface area contributed by atoms with Crippen molar-refractivity contribution < 1.29 is 4.74 Å². The topological polar surface area (TPSA) is 29.8 Å². The van der Waals surface area contributed by atoms with E-state index in [-0.39, 0.29) is 11.8 Å². The summed E-state index contributed by atoms with van der Waals surface area (Å²) in [7, 11) is 0. The Labute approximate surface area is 180 Å². The van der Waals surface area contributed by atoms with Gasteiger partial charge >= 0.3 is 0 Å². The van der Waals surface area contributed by atoms with Crippen molar-refractivity contribution in [1.29, 1.82) is 0 Å². The zero-order chi connectivity index (χ0) is 20.0. The Hall–Kier alpha value is -0.360. The van der Waals surface area contributed by atoms with E-state index in [4.69, 9.17) is 33.3 Å². The van der Waals surface area contributed by atoms with Crippen molar-refractivity contribution in [3.05, 3.63) is 33.8 Å². The molecule has 3 rings (SSSR count). The molecule has 0 saturated carbocycles. The monoisotopic (exact) mass is 426 g/mol. The molecule has 2 atom stereocenters. The maximum atomic E-state index is 6.31. The first-order chi connectivity index (χ1) is 13.6. The van der Waals surface area contributed by atoms with E-state index in [1.807, 2.05) is 18.2 Å². The molecule has 0 aromatic heterocycles. The minimum Gasteiger partial charge on any atom is -0.369 e. The van der Waals surface area contributed by atoms with Crippen LogP contribution in [0.4, 0.5) is 0 Å². The highest BCUT2D eigenvalue weighted by Crippen LogP contribution is 2.46. The van der Waals surface area contributed by atoms with Crippen LogP contribution < -0.4 is 5.32 Å². The maximum Gasteiger partial charge on any atom is 0.132 e. The van der Waals surface area contributed by atoms with Crippen LogP contribution in [-0.2, 0) is 4.74 Å². The molecule has 1 spiro atoms. The van der Waals surface area contributed by atoms with Gasteiger partial charge in [0, 0.05) is 26.2 Å². The molecule has 1 aromatic rings. The van der Waals surface area contributed by atoms with Gasteiger partial charge in [-0.1, -0.05) is 68.8 Å². The molecule has 2 unspecified atom stereocenters. The van der Waals surface area contributed by atoms with Gasteiger partial charge in [-0.15, -0.1) is 0 Å². The summed E-state index contributed by atoms with van der Waals surface area (Å²) in [5, 5.41) is 11.3. The van der Waals surface area contributed by atoms with Crippen molar-refractivity contribution in [2.45, 2.75) is 70.6 Å². The van der Waals surface area contributed by atoms with E-state index < -0.39 is 0 Å². The summed E-state index contributed by atoms with van der Waals surface area (Å²) < 4.78 is 6.28. The van der Waals surface area contributed by atoms with Gasteiger partial charge in [-0.3, -0.25) is 0 Å². The van der Waals surface area contributed by atoms with Gasteiger partial charge in [-0.25, -0.2) is 15.3 Å². The van der Waals surface area contributed by atoms with Gasteiger partial charge in [0.2, 0.25) is 0 Å². The van der Waals surface area contributed by atoms with Crippen LogP contribution in [-0.4, -0.2) is 48.5 Å². The second-order valence-electron chi connectivity index (χ2n) is 7.93. The maximum absolute atomic E-state index is 6.31. The second kappa shape index (κ2) is 10.6. The fourth-order valence-corrected chi connectivity index (χ4v) is 4.67. The molecule has 2 saturated heterocycles. The summed E-state index contributed by atoms with van der Waals surface area (Å²) in [4.78, 5) is 0. The molecule has 4 nitrogen and oxygen atoms in total. The predicted octanol–water partition coefficient (Wildman–Crippen LogP) is 5.67. The van der Waals surface area contributed by atoms with Crippen LogP contribution in [0, 0.1) is 0 Å². The molecule has 28 heavy (non-hydrogen) atoms. The molecule has 1 radical (unpaired) electrons. The van der Waals surface area contributed by atoms with Crippen LogP contribution in [0.15, 0.2) is 18.2 Å². The molecular formula is C22H34Cl2N3O. The van der Waals surface area contributed by atoms with Crippen molar-refractivity contribution in [2.75, 3.05) is 32.8 Å². The van der Waals surface area contributed by atoms with E-state index in [1.54, 1.807) is 0 Å². The van der Waals surface area contributed by atoms with Gasteiger partial charge in [0.15, 0.2) is 0 Å². The second-order valence-corrected chi connectivity index (χ2v) is 8.74. The normalized spacial score (nSPS) is 25.4. The van der Waals surface area contributed by atoms with Crippen molar-refractivity contribution in [2.24, 2.45) is 0 Å². The summed E-state index contributed by atoms with van der Waals surface area (Å²) in [5.41, 5.74) is 0.776. The Bertz CT molecular complexity index is 620. The number of unbranched alkanes of at least 4 members (excludes halogenated alkanes) is 4. The van der Waals surface area contributed by atoms with Gasteiger partial charge in [0.25, 0.3) is 0 Å². The third-order valence-corrected chi connectivity index (χ3v) is 6.69. The largest absolute Gasteiger partial charge is 0.369 e. The predicted molar refractivity (Wildman–Crippen MR) is 117 cm³/mol. The van der Waals surface area contributed by atoms with Crippen LogP contribution in [0.25, 0.3) is 0 Å². The summed E-state index contributed by atoms with van der Waals surface area (Å²) in [5.74, 6) is 0. The molecular weight excluding hydrogens is 393 g/mol. The number of ether oxygens (including phenoxy) is 1. The summed E-state index contributed by atoms with van der Waals surface area (Å²) in [6, 6.07) is 5.86. The van der Waals surface area contributed by atoms with Gasteiger partial charge in [0.05, 0.1) is 16.7 Å². The molecule has 0 aliphatic carbocycles. The van der Waals surface area contributed by atoms with Crippen molar-refractivity contribution in [3.63, 3.8) is 0 Å². The van der Waals surface area contributed by atoms with E-state index in [1.165, 1.54) is 38.5 Å². The van der Waals surface area contributed by atoms with Crippen molar-refractivity contribution in [1.82, 2.24) is 15.3 Å². The smallest absolute Gasteiger partial charge is 0.132 e. The fraction of sp³-hybridized carbons (Fsp3) is 0.727. The molecule has 0 N–H and O–H groups in total. The molecule has 1 aromatic carbocycles. The first kappa shape index (κ1) is 22.3. The van der Waals surface area contributed by atoms with Gasteiger partial charge < -0.3 is 4.74 Å². The molecule has 2 aliphatic heterocycles. The summed E-state index contributed by atoms with van der Waals surface area (Å²) in [6.07, 6.45) is 8.42. The SMILES string of the molecule is CCCCCN(CCCCC)N1CCC12[N]CCOC2c1ccc(Cl)c(Cl)c1. The van der Waals surface area contributed by atoms with Crippen LogP contribution in [0.3, 0.4) is 0 Å². The minimum absolute atomic E-state index is 0.0929. The Kier molecular flexibility index (Phi) is 8.46. The lowest BCUT2D eigenvalue weighted by atomic mass is 9.84. The fourth-order valence-electron chi connectivity index (χ4n) is 4.36. The van der Waals surface area contributed by atoms with Gasteiger partial charge in [-0.05, 0) is 37.0 Å². The van der Waals surface area contributed by atoms with Crippen molar-refractivity contribution in [3.8, 4) is 0 Å². The Morgan fingerprint density at radius 3 is 2.39 bits per heavy atom. The zero-order valence-corrected chi connectivity index (χ0v) is 18.8. The van der Waals surface area contributed by atoms with Crippen molar-refractivity contribution >= 4 is 23.2 Å². The van der Waals surface area contributed by atoms with Crippen LogP contribution in [0.1, 0.15) is 70.5 Å². The molecule has 6 heteroatoms. The number of hydrogen-bond donors (Lipinski definition) is 0. The molecule has 0 amide bonds. The Balaban J connectivity index is 1.80. The molecule has 157 valence electrons. The quantitative estimate of drug-likeness (QED) is 0.451. The van der Waals surface area contributed by atoms with Gasteiger partial charge in [-0.2, -0.15) is 0 Å². The first-order valence-corrected chi connectivity index (χ1v) is 11.7. The number of nitrogens with zero attached hydrogens (tertiary/aromatic N) is 3. The third kappa shape index (κ3) is 4.85. The molecule has 2 aliphatic rings. The molecule has 2 fully saturated rings. The molecule has 2 heterocycles. The lowest BCUT2D eigenvalue weighted by Gasteiger charge is -2.60. The number of benzene rings is 1. The first-order valence-electron chi connectivity index (χ1n) is 10.9. The number of morpholine rings is 1. The van der Waals surface area contributed by atoms with E-state index in [9.17, 15) is 0 Å². The number of rotatable bonds is 10. The average Bonchev–Trinajstić information content (AvgIpc) is 2.69. The van der Waals surface area contributed by atoms with Crippen LogP contribution in [0.5, 0.6) is 0 Å². The average molecular weight is 427 g/mol. The van der Waals surface area contributed by atoms with E-state index in [0.29, 0.717) is 16.7 Å². The highest BCUT2D eigenvalue weighted by Gasteiger charge is 2.56. The minimum atomic E-state index is -0.298. The van der Waals surface area contributed by atoms with Crippen LogP contribution >= 0.6 is 23.2 Å². The highest BCUT2D eigenvalue weighted by molar-refractivity contribution is 6.42. The van der Waals surface area contributed by atoms with E-state index >= 15 is 0 Å². The van der Waals surface area contributed by atoms with E-state index in [0.717, 1.165) is 38.2 Å². The third-order valence-electron chi connectivity index (χ3n) is 5.95. The number of hydrogen-bond acceptors (Lipinski definition) is 3. The summed E-state index contributed by atoms with van der Waals surface area (Å²) in [6.45, 7) is 9.18. The zero-order valence-electron chi connectivity index (χ0n) is 17.3. The summed E-state index contributed by atoms with van der Waals surface area (Å²) >= 11 is 12.5. The van der Waals surface area contributed by atoms with Gasteiger partial charge in [0.1, 0.15) is 11.8 Å². The highest BCUT2D eigenvalue weighted by atomic mass is 35.5. The Morgan fingerprint density at radius 2 is 1.82 bits per heavy atom. The lowest BCUT2D eigenvalue weighted by molar-refractivity contribution is -0.259. The van der Waals surface area contributed by atoms with Crippen LogP contribution in [0.2, 0.25) is 10.0 Å². The Morgan fingerprint density at radius 1 is 1.11 bits per heavy atom. The standard InChI is InChI=1S/C22H34Cl2N3O/c1-3-5-7-13-26(14-8-6-4-2)27-15-11-22(27)21(28-16-12-25-22)18-9-10-19(23)20(24)17-18/h9-10,17,21H,3-8,11-16H2,1-2H3. The number of halogens is 2. The lowest BCUT2D eigenvalue weighted by Crippen LogP contribution is -2.74. The van der Waals surface area contributed by atoms with E-state index in [2.05, 4.69) is 23.9 Å². The number of hydrazine groups is 1. The molecule has 0 bridgehead atoms.